The normalized spacial score (nSPS) is 14.8. The van der Waals surface area contributed by atoms with Gasteiger partial charge < -0.3 is 15.2 Å². The van der Waals surface area contributed by atoms with Crippen LogP contribution in [0.1, 0.15) is 44.3 Å². The highest BCUT2D eigenvalue weighted by Gasteiger charge is 2.14. The summed E-state index contributed by atoms with van der Waals surface area (Å²) in [4.78, 5) is 23.4. The number of hydrogen-bond donors (Lipinski definition) is 2. The van der Waals surface area contributed by atoms with Crippen LogP contribution in [0.4, 0.5) is 5.82 Å². The van der Waals surface area contributed by atoms with E-state index in [1.54, 1.807) is 13.0 Å². The first-order valence-electron chi connectivity index (χ1n) is 8.21. The third-order valence-electron chi connectivity index (χ3n) is 3.95. The first kappa shape index (κ1) is 17.8. The number of rotatable bonds is 9. The molecule has 0 atom stereocenters. The predicted octanol–water partition coefficient (Wildman–Crippen LogP) is 2.74. The maximum atomic E-state index is 11.7. The number of anilines is 1. The molecule has 23 heavy (non-hydrogen) atoms. The molecule has 0 saturated heterocycles. The van der Waals surface area contributed by atoms with Crippen molar-refractivity contribution >= 4 is 29.4 Å². The number of carbonyl (C=O) groups is 2. The van der Waals surface area contributed by atoms with E-state index < -0.39 is 0 Å². The average Bonchev–Trinajstić information content (AvgIpc) is 3.15. The van der Waals surface area contributed by atoms with Gasteiger partial charge in [-0.2, -0.15) is 0 Å². The largest absolute Gasteiger partial charge is 0.360 e. The molecular formula is C16H25N3O3S. The van der Waals surface area contributed by atoms with Gasteiger partial charge in [0.15, 0.2) is 5.82 Å². The highest BCUT2D eigenvalue weighted by atomic mass is 32.2. The van der Waals surface area contributed by atoms with E-state index in [-0.39, 0.29) is 17.6 Å². The van der Waals surface area contributed by atoms with Crippen molar-refractivity contribution in [3.63, 3.8) is 0 Å². The summed E-state index contributed by atoms with van der Waals surface area (Å²) in [7, 11) is 0. The molecule has 1 aliphatic carbocycles. The molecule has 1 saturated carbocycles. The zero-order chi connectivity index (χ0) is 16.5. The van der Waals surface area contributed by atoms with Crippen LogP contribution < -0.4 is 10.6 Å². The number of aryl methyl sites for hydroxylation is 1. The monoisotopic (exact) mass is 339 g/mol. The van der Waals surface area contributed by atoms with Crippen molar-refractivity contribution in [3.05, 3.63) is 11.8 Å². The molecule has 0 unspecified atom stereocenters. The predicted molar refractivity (Wildman–Crippen MR) is 91.4 cm³/mol. The molecule has 6 nitrogen and oxygen atoms in total. The fraction of sp³-hybridized carbons (Fsp3) is 0.688. The zero-order valence-corrected chi connectivity index (χ0v) is 14.4. The second kappa shape index (κ2) is 9.60. The number of thioether (sulfide) groups is 1. The molecule has 0 radical (unpaired) electrons. The van der Waals surface area contributed by atoms with Crippen LogP contribution >= 0.6 is 11.8 Å². The van der Waals surface area contributed by atoms with Gasteiger partial charge in [-0.1, -0.05) is 30.8 Å². The number of carbonyl (C=O) groups excluding carboxylic acids is 2. The molecule has 0 aliphatic heterocycles. The molecule has 1 aromatic rings. The van der Waals surface area contributed by atoms with Crippen LogP contribution in [0.15, 0.2) is 10.6 Å². The molecular weight excluding hydrogens is 314 g/mol. The smallest absolute Gasteiger partial charge is 0.235 e. The first-order chi connectivity index (χ1) is 11.1. The molecule has 1 aromatic heterocycles. The Morgan fingerprint density at radius 2 is 2.04 bits per heavy atom. The first-order valence-corrected chi connectivity index (χ1v) is 9.36. The van der Waals surface area contributed by atoms with Gasteiger partial charge >= 0.3 is 0 Å². The van der Waals surface area contributed by atoms with Crippen LogP contribution in [-0.2, 0) is 9.59 Å². The maximum absolute atomic E-state index is 11.7. The van der Waals surface area contributed by atoms with Crippen molar-refractivity contribution in [2.45, 2.75) is 45.4 Å². The molecule has 7 heteroatoms. The minimum atomic E-state index is -0.183. The van der Waals surface area contributed by atoms with Crippen LogP contribution in [0.25, 0.3) is 0 Å². The summed E-state index contributed by atoms with van der Waals surface area (Å²) in [6, 6.07) is 1.65. The molecule has 1 fully saturated rings. The summed E-state index contributed by atoms with van der Waals surface area (Å²) < 4.78 is 4.86. The van der Waals surface area contributed by atoms with E-state index in [9.17, 15) is 9.59 Å². The molecule has 2 amide bonds. The van der Waals surface area contributed by atoms with E-state index in [1.807, 2.05) is 0 Å². The van der Waals surface area contributed by atoms with Crippen molar-refractivity contribution in [1.29, 1.82) is 0 Å². The summed E-state index contributed by atoms with van der Waals surface area (Å²) in [5.41, 5.74) is 0. The lowest BCUT2D eigenvalue weighted by Crippen LogP contribution is -2.27. The Morgan fingerprint density at radius 1 is 1.30 bits per heavy atom. The number of amides is 2. The Kier molecular flexibility index (Phi) is 7.45. The lowest BCUT2D eigenvalue weighted by atomic mass is 10.0. The van der Waals surface area contributed by atoms with Gasteiger partial charge in [0.1, 0.15) is 5.76 Å². The van der Waals surface area contributed by atoms with Crippen LogP contribution in [0.5, 0.6) is 0 Å². The molecule has 0 aromatic carbocycles. The van der Waals surface area contributed by atoms with Crippen LogP contribution in [-0.4, -0.2) is 35.0 Å². The molecule has 0 spiro atoms. The Hall–Kier alpha value is -1.50. The number of hydrogen-bond acceptors (Lipinski definition) is 5. The lowest BCUT2D eigenvalue weighted by Gasteiger charge is -2.09. The fourth-order valence-electron chi connectivity index (χ4n) is 2.81. The summed E-state index contributed by atoms with van der Waals surface area (Å²) in [6.45, 7) is 2.49. The van der Waals surface area contributed by atoms with Crippen LogP contribution in [0.3, 0.4) is 0 Å². The summed E-state index contributed by atoms with van der Waals surface area (Å²) in [5.74, 6) is 2.25. The van der Waals surface area contributed by atoms with Crippen molar-refractivity contribution < 1.29 is 14.1 Å². The van der Waals surface area contributed by atoms with Crippen molar-refractivity contribution in [2.24, 2.45) is 5.92 Å². The maximum Gasteiger partial charge on any atom is 0.235 e. The Bertz CT molecular complexity index is 512. The van der Waals surface area contributed by atoms with Crippen LogP contribution in [0.2, 0.25) is 0 Å². The molecule has 0 bridgehead atoms. The van der Waals surface area contributed by atoms with E-state index >= 15 is 0 Å². The van der Waals surface area contributed by atoms with Gasteiger partial charge in [-0.15, -0.1) is 11.8 Å². The highest BCUT2D eigenvalue weighted by molar-refractivity contribution is 8.00. The van der Waals surface area contributed by atoms with Gasteiger partial charge in [0, 0.05) is 12.6 Å². The van der Waals surface area contributed by atoms with E-state index in [0.717, 1.165) is 18.9 Å². The SMILES string of the molecule is Cc1cc(NC(=O)CSCC(=O)NCCCC2CCCC2)no1. The van der Waals surface area contributed by atoms with E-state index in [2.05, 4.69) is 15.8 Å². The zero-order valence-electron chi connectivity index (χ0n) is 13.6. The minimum absolute atomic E-state index is 0.00787. The third-order valence-corrected chi connectivity index (χ3v) is 4.88. The Balaban J connectivity index is 1.48. The molecule has 2 rings (SSSR count). The molecule has 128 valence electrons. The third kappa shape index (κ3) is 7.07. The molecule has 1 heterocycles. The summed E-state index contributed by atoms with van der Waals surface area (Å²) >= 11 is 1.30. The van der Waals surface area contributed by atoms with Crippen molar-refractivity contribution in [1.82, 2.24) is 10.5 Å². The second-order valence-corrected chi connectivity index (χ2v) is 6.99. The van der Waals surface area contributed by atoms with E-state index in [1.165, 1.54) is 43.9 Å². The number of nitrogens with zero attached hydrogens (tertiary/aromatic N) is 1. The Morgan fingerprint density at radius 3 is 2.74 bits per heavy atom. The van der Waals surface area contributed by atoms with Crippen molar-refractivity contribution in [2.75, 3.05) is 23.4 Å². The van der Waals surface area contributed by atoms with Gasteiger partial charge in [0.2, 0.25) is 11.8 Å². The minimum Gasteiger partial charge on any atom is -0.360 e. The van der Waals surface area contributed by atoms with Gasteiger partial charge in [0.05, 0.1) is 11.5 Å². The van der Waals surface area contributed by atoms with Gasteiger partial charge in [-0.3, -0.25) is 9.59 Å². The fourth-order valence-corrected chi connectivity index (χ4v) is 3.46. The lowest BCUT2D eigenvalue weighted by molar-refractivity contribution is -0.118. The van der Waals surface area contributed by atoms with E-state index in [4.69, 9.17) is 4.52 Å². The van der Waals surface area contributed by atoms with Crippen LogP contribution in [0, 0.1) is 12.8 Å². The highest BCUT2D eigenvalue weighted by Crippen LogP contribution is 2.28. The quantitative estimate of drug-likeness (QED) is 0.676. The Labute approximate surface area is 141 Å². The standard InChI is InChI=1S/C16H25N3O3S/c1-12-9-14(19-22-12)18-16(21)11-23-10-15(20)17-8-4-7-13-5-2-3-6-13/h9,13H,2-8,10-11H2,1H3,(H,17,20)(H,18,19,21). The molecule has 1 aliphatic rings. The summed E-state index contributed by atoms with van der Waals surface area (Å²) in [6.07, 6.45) is 7.70. The number of aromatic nitrogens is 1. The second-order valence-electron chi connectivity index (χ2n) is 6.01. The van der Waals surface area contributed by atoms with Gasteiger partial charge in [-0.05, 0) is 25.7 Å². The van der Waals surface area contributed by atoms with Gasteiger partial charge in [0.25, 0.3) is 0 Å². The molecule has 2 N–H and O–H groups in total. The van der Waals surface area contributed by atoms with E-state index in [0.29, 0.717) is 17.3 Å². The van der Waals surface area contributed by atoms with Gasteiger partial charge in [-0.25, -0.2) is 0 Å². The summed E-state index contributed by atoms with van der Waals surface area (Å²) in [5, 5.41) is 9.22. The van der Waals surface area contributed by atoms with Crippen molar-refractivity contribution in [3.8, 4) is 0 Å². The number of nitrogens with one attached hydrogen (secondary N) is 2. The average molecular weight is 339 g/mol. The topological polar surface area (TPSA) is 84.2 Å².